The molecule has 7 nitrogen and oxygen atoms in total. The Kier molecular flexibility index (Phi) is 6.64. The third kappa shape index (κ3) is 4.50. The molecule has 2 aromatic rings. The van der Waals surface area contributed by atoms with Gasteiger partial charge in [0, 0.05) is 6.54 Å². The minimum absolute atomic E-state index is 0.0734. The number of carbonyl (C=O) groups excluding carboxylic acids is 1. The van der Waals surface area contributed by atoms with Crippen LogP contribution in [0.3, 0.4) is 0 Å². The zero-order valence-corrected chi connectivity index (χ0v) is 19.5. The van der Waals surface area contributed by atoms with E-state index in [0.29, 0.717) is 0 Å². The highest BCUT2D eigenvalue weighted by molar-refractivity contribution is 7.86. The molecule has 0 N–H and O–H groups in total. The highest BCUT2D eigenvalue weighted by Crippen LogP contribution is 2.33. The van der Waals surface area contributed by atoms with Crippen molar-refractivity contribution in [2.75, 3.05) is 18.1 Å². The molecule has 1 fully saturated rings. The first kappa shape index (κ1) is 23.8. The highest BCUT2D eigenvalue weighted by atomic mass is 32.2. The molecule has 168 valence electrons. The predicted molar refractivity (Wildman–Crippen MR) is 121 cm³/mol. The number of benzene rings is 2. The van der Waals surface area contributed by atoms with Gasteiger partial charge in [0.25, 0.3) is 16.0 Å². The maximum atomic E-state index is 14.1. The molecule has 1 aliphatic rings. The number of nitriles is 1. The first-order valence-corrected chi connectivity index (χ1v) is 11.6. The van der Waals surface area contributed by atoms with Crippen molar-refractivity contribution in [1.29, 1.82) is 5.26 Å². The number of aryl methyl sites for hydroxylation is 1. The molecular weight excluding hydrogens is 453 g/mol. The Morgan fingerprint density at radius 2 is 1.84 bits per heavy atom. The van der Waals surface area contributed by atoms with Crippen molar-refractivity contribution in [1.82, 2.24) is 4.90 Å². The Bertz CT molecular complexity index is 1200. The van der Waals surface area contributed by atoms with Crippen molar-refractivity contribution < 1.29 is 21.8 Å². The molecule has 0 saturated carbocycles. The SMILES string of the molecule is Cc1ccc(S(=O)(=O)OCCCN2C(=S)N(c3ccc(C#N)c(F)c3)C(=O)C2(C)C)cc1. The van der Waals surface area contributed by atoms with Crippen LogP contribution in [0.25, 0.3) is 0 Å². The van der Waals surface area contributed by atoms with Crippen molar-refractivity contribution in [2.24, 2.45) is 0 Å². The number of amides is 1. The zero-order valence-electron chi connectivity index (χ0n) is 17.8. The van der Waals surface area contributed by atoms with E-state index < -0.39 is 21.5 Å². The summed E-state index contributed by atoms with van der Waals surface area (Å²) in [7, 11) is -3.89. The smallest absolute Gasteiger partial charge is 0.296 e. The van der Waals surface area contributed by atoms with E-state index in [1.807, 2.05) is 6.92 Å². The Morgan fingerprint density at radius 3 is 2.44 bits per heavy atom. The van der Waals surface area contributed by atoms with Gasteiger partial charge in [-0.15, -0.1) is 0 Å². The van der Waals surface area contributed by atoms with Crippen LogP contribution in [0, 0.1) is 24.1 Å². The molecule has 2 aromatic carbocycles. The summed E-state index contributed by atoms with van der Waals surface area (Å²) in [6.45, 7) is 5.40. The van der Waals surface area contributed by atoms with E-state index in [1.165, 1.54) is 29.2 Å². The van der Waals surface area contributed by atoms with Crippen LogP contribution >= 0.6 is 12.2 Å². The fourth-order valence-electron chi connectivity index (χ4n) is 3.34. The molecule has 1 saturated heterocycles. The van der Waals surface area contributed by atoms with Gasteiger partial charge in [0.05, 0.1) is 22.8 Å². The summed E-state index contributed by atoms with van der Waals surface area (Å²) < 4.78 is 43.8. The van der Waals surface area contributed by atoms with Gasteiger partial charge in [0.1, 0.15) is 17.4 Å². The lowest BCUT2D eigenvalue weighted by molar-refractivity contribution is -0.123. The lowest BCUT2D eigenvalue weighted by atomic mass is 10.0. The molecule has 32 heavy (non-hydrogen) atoms. The average Bonchev–Trinajstić information content (AvgIpc) is 2.90. The van der Waals surface area contributed by atoms with Crippen LogP contribution in [0.5, 0.6) is 0 Å². The number of carbonyl (C=O) groups is 1. The fraction of sp³-hybridized carbons (Fsp3) is 0.318. The van der Waals surface area contributed by atoms with Crippen molar-refractivity contribution >= 4 is 39.0 Å². The molecule has 0 atom stereocenters. The van der Waals surface area contributed by atoms with E-state index in [1.54, 1.807) is 36.9 Å². The summed E-state index contributed by atoms with van der Waals surface area (Å²) in [5.74, 6) is -1.09. The molecule has 0 unspecified atom stereocenters. The van der Waals surface area contributed by atoms with E-state index in [4.69, 9.17) is 21.7 Å². The molecule has 10 heteroatoms. The van der Waals surface area contributed by atoms with Crippen LogP contribution in [0.2, 0.25) is 0 Å². The minimum atomic E-state index is -3.89. The predicted octanol–water partition coefficient (Wildman–Crippen LogP) is 3.51. The largest absolute Gasteiger partial charge is 0.334 e. The average molecular weight is 476 g/mol. The van der Waals surface area contributed by atoms with E-state index in [-0.39, 0.29) is 46.7 Å². The Balaban J connectivity index is 1.68. The summed E-state index contributed by atoms with van der Waals surface area (Å²) in [5, 5.41) is 9.08. The first-order chi connectivity index (χ1) is 15.0. The number of hydrogen-bond acceptors (Lipinski definition) is 6. The number of rotatable bonds is 7. The van der Waals surface area contributed by atoms with Crippen LogP contribution in [0.1, 0.15) is 31.4 Å². The van der Waals surface area contributed by atoms with E-state index >= 15 is 0 Å². The summed E-state index contributed by atoms with van der Waals surface area (Å²) in [4.78, 5) is 16.0. The topological polar surface area (TPSA) is 90.7 Å². The number of halogens is 1. The maximum absolute atomic E-state index is 14.1. The molecule has 1 heterocycles. The molecule has 1 aliphatic heterocycles. The molecule has 0 aromatic heterocycles. The van der Waals surface area contributed by atoms with Crippen molar-refractivity contribution in [3.05, 3.63) is 59.4 Å². The van der Waals surface area contributed by atoms with Crippen molar-refractivity contribution in [3.8, 4) is 6.07 Å². The minimum Gasteiger partial charge on any atom is -0.334 e. The normalized spacial score (nSPS) is 15.8. The Labute approximate surface area is 192 Å². The summed E-state index contributed by atoms with van der Waals surface area (Å²) in [6, 6.07) is 11.9. The molecule has 0 bridgehead atoms. The van der Waals surface area contributed by atoms with Gasteiger partial charge in [0.15, 0.2) is 5.11 Å². The quantitative estimate of drug-likeness (QED) is 0.344. The van der Waals surface area contributed by atoms with Crippen LogP contribution < -0.4 is 4.90 Å². The van der Waals surface area contributed by atoms with Crippen LogP contribution in [-0.2, 0) is 19.1 Å². The summed E-state index contributed by atoms with van der Waals surface area (Å²) in [5.41, 5.74) is 0.0156. The fourth-order valence-corrected chi connectivity index (χ4v) is 4.79. The van der Waals surface area contributed by atoms with Gasteiger partial charge in [0.2, 0.25) is 0 Å². The molecular formula is C22H22FN3O4S2. The Morgan fingerprint density at radius 1 is 1.19 bits per heavy atom. The zero-order chi connectivity index (χ0) is 23.7. The van der Waals surface area contributed by atoms with E-state index in [9.17, 15) is 17.6 Å². The second kappa shape index (κ2) is 8.94. The lowest BCUT2D eigenvalue weighted by Gasteiger charge is -2.29. The first-order valence-electron chi connectivity index (χ1n) is 9.81. The standard InChI is InChI=1S/C22H22FN3O4S2/c1-15-5-9-18(10-6-15)32(28,29)30-12-4-11-25-21(31)26(20(27)22(25,2)3)17-8-7-16(14-24)19(23)13-17/h5-10,13H,4,11-12H2,1-3H3. The lowest BCUT2D eigenvalue weighted by Crippen LogP contribution is -2.44. The number of thiocarbonyl (C=S) groups is 1. The van der Waals surface area contributed by atoms with Gasteiger partial charge in [-0.3, -0.25) is 13.9 Å². The Hall–Kier alpha value is -2.87. The number of hydrogen-bond donors (Lipinski definition) is 0. The van der Waals surface area contributed by atoms with Gasteiger partial charge in [-0.05, 0) is 69.7 Å². The molecule has 0 radical (unpaired) electrons. The van der Waals surface area contributed by atoms with Crippen LogP contribution in [-0.4, -0.2) is 43.0 Å². The van der Waals surface area contributed by atoms with Crippen molar-refractivity contribution in [3.63, 3.8) is 0 Å². The molecule has 0 spiro atoms. The second-order valence-electron chi connectivity index (χ2n) is 7.85. The van der Waals surface area contributed by atoms with Crippen molar-refractivity contribution in [2.45, 2.75) is 37.6 Å². The van der Waals surface area contributed by atoms with E-state index in [0.717, 1.165) is 11.6 Å². The third-order valence-electron chi connectivity index (χ3n) is 5.23. The summed E-state index contributed by atoms with van der Waals surface area (Å²) >= 11 is 5.47. The molecule has 1 amide bonds. The number of anilines is 1. The van der Waals surface area contributed by atoms with Gasteiger partial charge < -0.3 is 4.90 Å². The highest BCUT2D eigenvalue weighted by Gasteiger charge is 2.49. The van der Waals surface area contributed by atoms with Gasteiger partial charge in [-0.2, -0.15) is 13.7 Å². The van der Waals surface area contributed by atoms with E-state index in [2.05, 4.69) is 0 Å². The number of nitrogens with zero attached hydrogens (tertiary/aromatic N) is 3. The van der Waals surface area contributed by atoms with Gasteiger partial charge in [-0.1, -0.05) is 17.7 Å². The summed E-state index contributed by atoms with van der Waals surface area (Å²) in [6.07, 6.45) is 0.289. The second-order valence-corrected chi connectivity index (χ2v) is 9.83. The third-order valence-corrected chi connectivity index (χ3v) is 6.96. The van der Waals surface area contributed by atoms with Gasteiger partial charge in [-0.25, -0.2) is 4.39 Å². The molecule has 0 aliphatic carbocycles. The van der Waals surface area contributed by atoms with Crippen LogP contribution in [0.15, 0.2) is 47.4 Å². The maximum Gasteiger partial charge on any atom is 0.296 e. The monoisotopic (exact) mass is 475 g/mol. The van der Waals surface area contributed by atoms with Crippen LogP contribution in [0.4, 0.5) is 10.1 Å². The molecule has 3 rings (SSSR count). The van der Waals surface area contributed by atoms with Gasteiger partial charge >= 0.3 is 0 Å².